The molecule has 3 N–H and O–H groups in total. The number of hydrazine groups is 1. The van der Waals surface area contributed by atoms with Gasteiger partial charge in [0.15, 0.2) is 5.69 Å². The zero-order valence-corrected chi connectivity index (χ0v) is 5.87. The molecule has 0 aliphatic rings. The number of aromatic nitrogens is 2. The highest BCUT2D eigenvalue weighted by molar-refractivity contribution is 5.91. The SMILES string of the molecule is NNC(=O)c1ccn(C(F)F)n1. The van der Waals surface area contributed by atoms with Crippen molar-refractivity contribution in [3.05, 3.63) is 18.0 Å². The second-order valence-electron chi connectivity index (χ2n) is 1.93. The van der Waals surface area contributed by atoms with Gasteiger partial charge in [0.1, 0.15) is 0 Å². The Labute approximate surface area is 66.1 Å². The summed E-state index contributed by atoms with van der Waals surface area (Å²) in [5.41, 5.74) is 1.63. The van der Waals surface area contributed by atoms with Gasteiger partial charge in [0.25, 0.3) is 5.91 Å². The molecule has 66 valence electrons. The van der Waals surface area contributed by atoms with Gasteiger partial charge in [0.05, 0.1) is 0 Å². The molecule has 0 aliphatic carbocycles. The summed E-state index contributed by atoms with van der Waals surface area (Å²) in [6.45, 7) is -2.75. The first-order valence-corrected chi connectivity index (χ1v) is 2.99. The standard InChI is InChI=1S/C5H6F2N4O/c6-5(7)11-2-1-3(10-11)4(12)9-8/h1-2,5H,8H2,(H,9,12). The molecule has 0 radical (unpaired) electrons. The number of carbonyl (C=O) groups is 1. The predicted octanol–water partition coefficient (Wildman–Crippen LogP) is -0.118. The van der Waals surface area contributed by atoms with E-state index in [2.05, 4.69) is 5.10 Å². The van der Waals surface area contributed by atoms with Gasteiger partial charge < -0.3 is 0 Å². The lowest BCUT2D eigenvalue weighted by Gasteiger charge is -1.96. The first-order chi connectivity index (χ1) is 5.65. The minimum atomic E-state index is -2.75. The van der Waals surface area contributed by atoms with Gasteiger partial charge in [0.2, 0.25) is 0 Å². The van der Waals surface area contributed by atoms with Crippen LogP contribution in [0.1, 0.15) is 17.0 Å². The summed E-state index contributed by atoms with van der Waals surface area (Å²) in [4.78, 5) is 10.7. The van der Waals surface area contributed by atoms with E-state index in [-0.39, 0.29) is 5.69 Å². The van der Waals surface area contributed by atoms with E-state index in [1.54, 1.807) is 5.43 Å². The summed E-state index contributed by atoms with van der Waals surface area (Å²) in [5, 5.41) is 3.26. The quantitative estimate of drug-likeness (QED) is 0.375. The second kappa shape index (κ2) is 3.26. The first-order valence-electron chi connectivity index (χ1n) is 2.99. The number of hydrogen-bond donors (Lipinski definition) is 2. The number of nitrogens with zero attached hydrogens (tertiary/aromatic N) is 2. The number of alkyl halides is 2. The molecule has 0 saturated carbocycles. The monoisotopic (exact) mass is 176 g/mol. The number of carbonyl (C=O) groups excluding carboxylic acids is 1. The van der Waals surface area contributed by atoms with Gasteiger partial charge in [-0.2, -0.15) is 13.9 Å². The number of nitrogen functional groups attached to an aromatic ring is 1. The van der Waals surface area contributed by atoms with Crippen LogP contribution in [-0.2, 0) is 0 Å². The molecule has 0 aliphatic heterocycles. The van der Waals surface area contributed by atoms with Crippen molar-refractivity contribution in [2.45, 2.75) is 6.55 Å². The Hall–Kier alpha value is -1.50. The molecule has 1 heterocycles. The van der Waals surface area contributed by atoms with Crippen LogP contribution in [0.25, 0.3) is 0 Å². The molecule has 0 saturated heterocycles. The van der Waals surface area contributed by atoms with Crippen LogP contribution in [0.3, 0.4) is 0 Å². The Kier molecular flexibility index (Phi) is 2.34. The van der Waals surface area contributed by atoms with E-state index < -0.39 is 12.5 Å². The van der Waals surface area contributed by atoms with Gasteiger partial charge in [-0.3, -0.25) is 10.2 Å². The number of halogens is 2. The van der Waals surface area contributed by atoms with Crippen molar-refractivity contribution in [3.63, 3.8) is 0 Å². The van der Waals surface area contributed by atoms with Crippen molar-refractivity contribution in [3.8, 4) is 0 Å². The molecular formula is C5H6F2N4O. The normalized spacial score (nSPS) is 10.3. The highest BCUT2D eigenvalue weighted by atomic mass is 19.3. The number of rotatable bonds is 2. The largest absolute Gasteiger partial charge is 0.333 e. The number of amides is 1. The van der Waals surface area contributed by atoms with E-state index >= 15 is 0 Å². The predicted molar refractivity (Wildman–Crippen MR) is 35.1 cm³/mol. The highest BCUT2D eigenvalue weighted by Crippen LogP contribution is 2.08. The molecule has 1 aromatic rings. The lowest BCUT2D eigenvalue weighted by atomic mass is 10.4. The molecule has 1 aromatic heterocycles. The van der Waals surface area contributed by atoms with Gasteiger partial charge in [-0.15, -0.1) is 0 Å². The van der Waals surface area contributed by atoms with E-state index in [0.717, 1.165) is 12.3 Å². The average Bonchev–Trinajstić information content (AvgIpc) is 2.51. The molecular weight excluding hydrogens is 170 g/mol. The Morgan fingerprint density at radius 3 is 2.83 bits per heavy atom. The van der Waals surface area contributed by atoms with Crippen molar-refractivity contribution in [1.82, 2.24) is 15.2 Å². The lowest BCUT2D eigenvalue weighted by molar-refractivity contribution is 0.0560. The smallest absolute Gasteiger partial charge is 0.289 e. The molecule has 0 bridgehead atoms. The lowest BCUT2D eigenvalue weighted by Crippen LogP contribution is -2.30. The third-order valence-electron chi connectivity index (χ3n) is 1.17. The highest BCUT2D eigenvalue weighted by Gasteiger charge is 2.11. The maximum Gasteiger partial charge on any atom is 0.333 e. The van der Waals surface area contributed by atoms with Crippen molar-refractivity contribution < 1.29 is 13.6 Å². The van der Waals surface area contributed by atoms with Crippen molar-refractivity contribution in [1.29, 1.82) is 0 Å². The van der Waals surface area contributed by atoms with Gasteiger partial charge in [-0.05, 0) is 6.07 Å². The van der Waals surface area contributed by atoms with Crippen LogP contribution in [0.15, 0.2) is 12.3 Å². The number of nitrogens with two attached hydrogens (primary N) is 1. The van der Waals surface area contributed by atoms with Gasteiger partial charge >= 0.3 is 6.55 Å². The fourth-order valence-corrected chi connectivity index (χ4v) is 0.642. The summed E-state index contributed by atoms with van der Waals surface area (Å²) in [7, 11) is 0. The molecule has 1 amide bonds. The summed E-state index contributed by atoms with van der Waals surface area (Å²) in [6.07, 6.45) is 0.995. The van der Waals surface area contributed by atoms with Crippen LogP contribution in [0.5, 0.6) is 0 Å². The summed E-state index contributed by atoms with van der Waals surface area (Å²) in [6, 6.07) is 1.15. The maximum atomic E-state index is 11.9. The van der Waals surface area contributed by atoms with Crippen LogP contribution >= 0.6 is 0 Å². The Morgan fingerprint density at radius 2 is 2.42 bits per heavy atom. The van der Waals surface area contributed by atoms with E-state index in [0.29, 0.717) is 4.68 Å². The van der Waals surface area contributed by atoms with Crippen LogP contribution in [0, 0.1) is 0 Å². The maximum absolute atomic E-state index is 11.9. The van der Waals surface area contributed by atoms with E-state index in [1.165, 1.54) is 0 Å². The summed E-state index contributed by atoms with van der Waals surface area (Å²) >= 11 is 0. The Bertz CT molecular complexity index is 285. The zero-order valence-electron chi connectivity index (χ0n) is 5.87. The number of nitrogens with one attached hydrogen (secondary N) is 1. The van der Waals surface area contributed by atoms with Crippen LogP contribution < -0.4 is 11.3 Å². The van der Waals surface area contributed by atoms with Gasteiger partial charge in [-0.1, -0.05) is 0 Å². The van der Waals surface area contributed by atoms with Crippen molar-refractivity contribution in [2.75, 3.05) is 0 Å². The second-order valence-corrected chi connectivity index (χ2v) is 1.93. The van der Waals surface area contributed by atoms with Gasteiger partial charge in [0, 0.05) is 6.20 Å². The average molecular weight is 176 g/mol. The number of hydrogen-bond acceptors (Lipinski definition) is 3. The minimum Gasteiger partial charge on any atom is -0.289 e. The summed E-state index contributed by atoms with van der Waals surface area (Å²) < 4.78 is 24.1. The van der Waals surface area contributed by atoms with Crippen molar-refractivity contribution in [2.24, 2.45) is 5.84 Å². The molecule has 0 aromatic carbocycles. The molecule has 0 atom stereocenters. The zero-order chi connectivity index (χ0) is 9.14. The van der Waals surface area contributed by atoms with Crippen LogP contribution in [0.4, 0.5) is 8.78 Å². The fraction of sp³-hybridized carbons (Fsp3) is 0.200. The Balaban J connectivity index is 2.84. The van der Waals surface area contributed by atoms with E-state index in [4.69, 9.17) is 5.84 Å². The minimum absolute atomic E-state index is 0.141. The molecule has 1 rings (SSSR count). The van der Waals surface area contributed by atoms with E-state index in [1.807, 2.05) is 0 Å². The summed E-state index contributed by atoms with van der Waals surface area (Å²) in [5.74, 6) is 4.05. The molecule has 0 spiro atoms. The fourth-order valence-electron chi connectivity index (χ4n) is 0.642. The molecule has 12 heavy (non-hydrogen) atoms. The third-order valence-corrected chi connectivity index (χ3v) is 1.17. The van der Waals surface area contributed by atoms with Crippen LogP contribution in [-0.4, -0.2) is 15.7 Å². The molecule has 5 nitrogen and oxygen atoms in total. The van der Waals surface area contributed by atoms with E-state index in [9.17, 15) is 13.6 Å². The topological polar surface area (TPSA) is 72.9 Å². The van der Waals surface area contributed by atoms with Gasteiger partial charge in [-0.25, -0.2) is 10.5 Å². The van der Waals surface area contributed by atoms with Crippen molar-refractivity contribution >= 4 is 5.91 Å². The molecule has 0 unspecified atom stereocenters. The third kappa shape index (κ3) is 1.56. The molecule has 0 fully saturated rings. The Morgan fingerprint density at radius 1 is 1.75 bits per heavy atom. The van der Waals surface area contributed by atoms with Crippen LogP contribution in [0.2, 0.25) is 0 Å². The molecule has 7 heteroatoms. The first kappa shape index (κ1) is 8.60.